The normalized spacial score (nSPS) is 15.1. The van der Waals surface area contributed by atoms with Crippen LogP contribution in [0.1, 0.15) is 40.8 Å². The van der Waals surface area contributed by atoms with Gasteiger partial charge in [-0.2, -0.15) is 4.98 Å². The van der Waals surface area contributed by atoms with Crippen LogP contribution < -0.4 is 9.47 Å². The number of nitrogens with zero attached hydrogens (tertiary/aromatic N) is 6. The number of methoxy groups -OCH3 is 1. The van der Waals surface area contributed by atoms with Gasteiger partial charge >= 0.3 is 0 Å². The van der Waals surface area contributed by atoms with Crippen molar-refractivity contribution in [3.63, 3.8) is 0 Å². The summed E-state index contributed by atoms with van der Waals surface area (Å²) in [4.78, 5) is 37.0. The zero-order valence-corrected chi connectivity index (χ0v) is 19.5. The van der Waals surface area contributed by atoms with Gasteiger partial charge in [0.05, 0.1) is 18.7 Å². The third-order valence-electron chi connectivity index (χ3n) is 5.82. The van der Waals surface area contributed by atoms with E-state index in [0.717, 1.165) is 35.4 Å². The van der Waals surface area contributed by atoms with E-state index < -0.39 is 0 Å². The maximum atomic E-state index is 13.5. The van der Waals surface area contributed by atoms with Crippen LogP contribution in [0, 0.1) is 6.92 Å². The molecule has 4 heterocycles. The second kappa shape index (κ2) is 9.84. The Bertz CT molecular complexity index is 1330. The molecule has 0 N–H and O–H groups in total. The highest BCUT2D eigenvalue weighted by Gasteiger charge is 2.33. The number of pyridine rings is 1. The van der Waals surface area contributed by atoms with Gasteiger partial charge in [-0.3, -0.25) is 9.78 Å². The van der Waals surface area contributed by atoms with Gasteiger partial charge in [0.1, 0.15) is 17.8 Å². The summed E-state index contributed by atoms with van der Waals surface area (Å²) in [7, 11) is 1.62. The maximum Gasteiger partial charge on any atom is 0.256 e. The topological polar surface area (TPSA) is 103 Å². The first-order chi connectivity index (χ1) is 17.1. The number of hydrogen-bond donors (Lipinski definition) is 0. The van der Waals surface area contributed by atoms with Crippen molar-refractivity contribution < 1.29 is 14.3 Å². The van der Waals surface area contributed by atoms with Gasteiger partial charge in [0.2, 0.25) is 5.88 Å². The molecule has 0 saturated carbocycles. The number of carbonyl (C=O) groups excluding carboxylic acids is 1. The van der Waals surface area contributed by atoms with Gasteiger partial charge in [-0.15, -0.1) is 0 Å². The van der Waals surface area contributed by atoms with Gasteiger partial charge < -0.3 is 14.4 Å². The van der Waals surface area contributed by atoms with Crippen LogP contribution in [0.15, 0.2) is 67.5 Å². The average Bonchev–Trinajstić information content (AvgIpc) is 3.39. The molecule has 1 aliphatic heterocycles. The summed E-state index contributed by atoms with van der Waals surface area (Å²) in [6.07, 6.45) is 9.78. The lowest BCUT2D eigenvalue weighted by atomic mass is 10.1. The highest BCUT2D eigenvalue weighted by Crippen LogP contribution is 2.33. The van der Waals surface area contributed by atoms with Gasteiger partial charge in [0, 0.05) is 54.2 Å². The predicted molar refractivity (Wildman–Crippen MR) is 128 cm³/mol. The fourth-order valence-corrected chi connectivity index (χ4v) is 4.13. The minimum absolute atomic E-state index is 0.110. The first-order valence-corrected chi connectivity index (χ1v) is 11.3. The van der Waals surface area contributed by atoms with Crippen molar-refractivity contribution in [2.45, 2.75) is 25.8 Å². The van der Waals surface area contributed by atoms with E-state index >= 15 is 0 Å². The molecule has 0 aliphatic carbocycles. The molecule has 1 aliphatic rings. The molecule has 3 aromatic heterocycles. The van der Waals surface area contributed by atoms with Gasteiger partial charge in [-0.25, -0.2) is 15.0 Å². The number of carbonyl (C=O) groups is 1. The van der Waals surface area contributed by atoms with E-state index in [1.165, 1.54) is 6.33 Å². The van der Waals surface area contributed by atoms with E-state index in [2.05, 4.69) is 24.9 Å². The van der Waals surface area contributed by atoms with Crippen molar-refractivity contribution in [1.29, 1.82) is 0 Å². The highest BCUT2D eigenvalue weighted by atomic mass is 16.5. The van der Waals surface area contributed by atoms with E-state index in [1.807, 2.05) is 42.2 Å². The van der Waals surface area contributed by atoms with Crippen LogP contribution in [-0.2, 0) is 0 Å². The lowest BCUT2D eigenvalue weighted by Crippen LogP contribution is -2.31. The van der Waals surface area contributed by atoms with Crippen LogP contribution in [0.25, 0.3) is 11.1 Å². The minimum atomic E-state index is -0.246. The molecule has 0 bridgehead atoms. The minimum Gasteiger partial charge on any atom is -0.497 e. The van der Waals surface area contributed by atoms with Crippen LogP contribution in [-0.4, -0.2) is 49.4 Å². The zero-order valence-electron chi connectivity index (χ0n) is 19.5. The van der Waals surface area contributed by atoms with E-state index in [4.69, 9.17) is 9.47 Å². The Morgan fingerprint density at radius 1 is 0.943 bits per heavy atom. The third kappa shape index (κ3) is 4.93. The van der Waals surface area contributed by atoms with Crippen molar-refractivity contribution in [1.82, 2.24) is 29.8 Å². The van der Waals surface area contributed by atoms with Crippen LogP contribution in [0.5, 0.6) is 17.4 Å². The Morgan fingerprint density at radius 2 is 1.69 bits per heavy atom. The van der Waals surface area contributed by atoms with Crippen LogP contribution >= 0.6 is 0 Å². The summed E-state index contributed by atoms with van der Waals surface area (Å²) in [6, 6.07) is 10.6. The summed E-state index contributed by atoms with van der Waals surface area (Å²) in [6.45, 7) is 2.51. The van der Waals surface area contributed by atoms with Crippen molar-refractivity contribution in [3.8, 4) is 28.5 Å². The standard InChI is InChI=1S/C26H24N6O3/c1-17-10-24(35-22-7-5-21(34-2)6-8-22)31-25(30-17)23-4-3-9-32(23)26(33)19-11-18(12-27-13-19)20-14-28-16-29-15-20/h5-8,10-16,23H,3-4,9H2,1-2H3/t23-/m1/s1. The van der Waals surface area contributed by atoms with E-state index in [-0.39, 0.29) is 11.9 Å². The zero-order chi connectivity index (χ0) is 24.2. The molecule has 1 aromatic carbocycles. The molecule has 4 aromatic rings. The molecule has 5 rings (SSSR count). The molecule has 9 heteroatoms. The number of aromatic nitrogens is 5. The maximum absolute atomic E-state index is 13.5. The van der Waals surface area contributed by atoms with Gasteiger partial charge in [0.15, 0.2) is 5.82 Å². The molecule has 35 heavy (non-hydrogen) atoms. The SMILES string of the molecule is COc1ccc(Oc2cc(C)nc([C@H]3CCCN3C(=O)c3cncc(-c4cncnc4)c3)n2)cc1. The molecular formula is C26H24N6O3. The molecule has 0 spiro atoms. The fourth-order valence-electron chi connectivity index (χ4n) is 4.13. The van der Waals surface area contributed by atoms with Gasteiger partial charge in [-0.1, -0.05) is 0 Å². The molecule has 0 unspecified atom stereocenters. The van der Waals surface area contributed by atoms with Crippen molar-refractivity contribution in [3.05, 3.63) is 84.6 Å². The largest absolute Gasteiger partial charge is 0.497 e. The first-order valence-electron chi connectivity index (χ1n) is 11.3. The lowest BCUT2D eigenvalue weighted by molar-refractivity contribution is 0.0728. The number of ether oxygens (including phenoxy) is 2. The fraction of sp³-hybridized carbons (Fsp3) is 0.231. The summed E-state index contributed by atoms with van der Waals surface area (Å²) >= 11 is 0. The van der Waals surface area contributed by atoms with Crippen LogP contribution in [0.4, 0.5) is 0 Å². The number of hydrogen-bond acceptors (Lipinski definition) is 8. The van der Waals surface area contributed by atoms with Crippen LogP contribution in [0.2, 0.25) is 0 Å². The molecule has 176 valence electrons. The van der Waals surface area contributed by atoms with Gasteiger partial charge in [-0.05, 0) is 50.1 Å². The quantitative estimate of drug-likeness (QED) is 0.410. The van der Waals surface area contributed by atoms with E-state index in [0.29, 0.717) is 29.6 Å². The molecule has 0 radical (unpaired) electrons. The first kappa shape index (κ1) is 22.4. The molecule has 1 fully saturated rings. The van der Waals surface area contributed by atoms with Crippen LogP contribution in [0.3, 0.4) is 0 Å². The number of likely N-dealkylation sites (tertiary alicyclic amines) is 1. The second-order valence-corrected chi connectivity index (χ2v) is 8.23. The molecular weight excluding hydrogens is 444 g/mol. The Kier molecular flexibility index (Phi) is 6.30. The molecule has 1 amide bonds. The van der Waals surface area contributed by atoms with Crippen molar-refractivity contribution >= 4 is 5.91 Å². The number of rotatable bonds is 6. The van der Waals surface area contributed by atoms with Gasteiger partial charge in [0.25, 0.3) is 5.91 Å². The summed E-state index contributed by atoms with van der Waals surface area (Å²) in [5.41, 5.74) is 2.86. The molecule has 9 nitrogen and oxygen atoms in total. The highest BCUT2D eigenvalue weighted by molar-refractivity contribution is 5.95. The monoisotopic (exact) mass is 468 g/mol. The number of aryl methyl sites for hydroxylation is 1. The number of benzene rings is 1. The Morgan fingerprint density at radius 3 is 2.46 bits per heavy atom. The summed E-state index contributed by atoms with van der Waals surface area (Å²) < 4.78 is 11.2. The molecule has 1 saturated heterocycles. The number of amides is 1. The summed E-state index contributed by atoms with van der Waals surface area (Å²) in [5, 5.41) is 0. The second-order valence-electron chi connectivity index (χ2n) is 8.23. The third-order valence-corrected chi connectivity index (χ3v) is 5.82. The smallest absolute Gasteiger partial charge is 0.256 e. The van der Waals surface area contributed by atoms with Crippen molar-refractivity contribution in [2.75, 3.05) is 13.7 Å². The Hall–Kier alpha value is -4.40. The lowest BCUT2D eigenvalue weighted by Gasteiger charge is -2.24. The average molecular weight is 469 g/mol. The van der Waals surface area contributed by atoms with E-state index in [1.54, 1.807) is 38.0 Å². The Balaban J connectivity index is 1.39. The summed E-state index contributed by atoms with van der Waals surface area (Å²) in [5.74, 6) is 2.28. The Labute approximate surface area is 202 Å². The van der Waals surface area contributed by atoms with Crippen molar-refractivity contribution in [2.24, 2.45) is 0 Å². The molecule has 1 atom stereocenters. The van der Waals surface area contributed by atoms with E-state index in [9.17, 15) is 4.79 Å². The predicted octanol–water partition coefficient (Wildman–Crippen LogP) is 4.42.